The lowest BCUT2D eigenvalue weighted by atomic mass is 9.80. The van der Waals surface area contributed by atoms with Crippen LogP contribution in [0.3, 0.4) is 0 Å². The highest BCUT2D eigenvalue weighted by molar-refractivity contribution is 7.22. The number of piperidine rings is 2. The van der Waals surface area contributed by atoms with Crippen molar-refractivity contribution in [1.82, 2.24) is 30.0 Å². The summed E-state index contributed by atoms with van der Waals surface area (Å²) in [5.41, 5.74) is 9.45. The molecular weight excluding hydrogens is 955 g/mol. The smallest absolute Gasteiger partial charge is 0.355 e. The van der Waals surface area contributed by atoms with Crippen molar-refractivity contribution in [2.45, 2.75) is 96.6 Å². The van der Waals surface area contributed by atoms with Gasteiger partial charge in [0.1, 0.15) is 5.82 Å². The van der Waals surface area contributed by atoms with Crippen molar-refractivity contribution in [2.75, 3.05) is 48.3 Å². The van der Waals surface area contributed by atoms with Crippen molar-refractivity contribution in [1.29, 1.82) is 0 Å². The second kappa shape index (κ2) is 20.9. The number of pyridine rings is 1. The molecule has 3 aromatic heterocycles. The van der Waals surface area contributed by atoms with Crippen molar-refractivity contribution < 1.29 is 33.8 Å². The van der Waals surface area contributed by atoms with E-state index >= 15 is 0 Å². The molecule has 16 nitrogen and oxygen atoms in total. The monoisotopic (exact) mass is 1020 g/mol. The number of para-hydroxylation sites is 1. The van der Waals surface area contributed by atoms with E-state index in [1.807, 2.05) is 73.7 Å². The summed E-state index contributed by atoms with van der Waals surface area (Å²) in [5, 5.41) is 25.2. The minimum atomic E-state index is -1.10. The maximum Gasteiger partial charge on any atom is 0.355 e. The van der Waals surface area contributed by atoms with E-state index in [1.54, 1.807) is 11.7 Å². The number of hydrogen-bond acceptors (Lipinski definition) is 12. The summed E-state index contributed by atoms with van der Waals surface area (Å²) in [6, 6.07) is 27.4. The van der Waals surface area contributed by atoms with Gasteiger partial charge in [-0.05, 0) is 127 Å². The molecule has 10 rings (SSSR count). The highest BCUT2D eigenvalue weighted by Gasteiger charge is 2.33. The lowest BCUT2D eigenvalue weighted by Crippen LogP contribution is -2.41. The SMILES string of the molecule is Cc1cc(CCCOC2CCN(CC(=O)Nc3ccc4c(C5CCC(=O)NC5=O)nn(C)c4c3)CC2)ccc1-c1c(C(C)(C)C)cc(N2CCc3cccc(C(=O)Nc4nc5ccccc5s4)c3C2)nc1C(=O)O. The standard InChI is InChI=1S/C57H61N9O7S/c1-33-28-34(10-9-27-73-37-22-24-65(25-23-37)32-49(68)58-36-16-18-40-45(29-36)64(5)63-51(40)41-19-20-48(67)61-54(41)70)15-17-38(33)50-43(57(2,3)4)30-47(60-52(50)55(71)72)66-26-21-35-11-8-12-39(42(35)31-66)53(69)62-56-59-44-13-6-7-14-46(44)74-56/h6-8,11-18,28-30,37,41H,9-10,19-27,31-32H2,1-5H3,(H,58,68)(H,71,72)(H,59,62,69)(H,61,67,70). The molecule has 0 aliphatic carbocycles. The van der Waals surface area contributed by atoms with Gasteiger partial charge in [0.2, 0.25) is 17.7 Å². The quantitative estimate of drug-likeness (QED) is 0.0596. The number of carbonyl (C=O) groups excluding carboxylic acids is 4. The molecule has 4 aromatic carbocycles. The zero-order valence-corrected chi connectivity index (χ0v) is 43.2. The van der Waals surface area contributed by atoms with Crippen LogP contribution < -0.4 is 20.9 Å². The van der Waals surface area contributed by atoms with Gasteiger partial charge in [0, 0.05) is 68.5 Å². The highest BCUT2D eigenvalue weighted by atomic mass is 32.1. The largest absolute Gasteiger partial charge is 0.476 e. The van der Waals surface area contributed by atoms with Crippen LogP contribution in [0.2, 0.25) is 0 Å². The van der Waals surface area contributed by atoms with Gasteiger partial charge in [0.15, 0.2) is 10.8 Å². The second-order valence-electron chi connectivity index (χ2n) is 20.8. The maximum absolute atomic E-state index is 13.8. The van der Waals surface area contributed by atoms with Crippen molar-refractivity contribution in [3.05, 3.63) is 130 Å². The molecule has 0 saturated carbocycles. The molecule has 1 atom stereocenters. The first-order valence-electron chi connectivity index (χ1n) is 25.4. The molecule has 4 amide bonds. The molecule has 74 heavy (non-hydrogen) atoms. The Kier molecular flexibility index (Phi) is 14.2. The number of thiazole rings is 1. The van der Waals surface area contributed by atoms with Crippen molar-refractivity contribution in [2.24, 2.45) is 7.05 Å². The molecule has 4 N–H and O–H groups in total. The number of anilines is 3. The molecule has 0 spiro atoms. The van der Waals surface area contributed by atoms with Gasteiger partial charge in [0.25, 0.3) is 5.91 Å². The molecule has 17 heteroatoms. The molecule has 6 heterocycles. The molecule has 2 fully saturated rings. The molecule has 3 aliphatic rings. The van der Waals surface area contributed by atoms with E-state index in [4.69, 9.17) is 9.72 Å². The molecule has 382 valence electrons. The Bertz CT molecular complexity index is 3320. The number of carboxylic acid groups (broad SMARTS) is 1. The molecule has 0 bridgehead atoms. The number of hydrogen-bond donors (Lipinski definition) is 4. The predicted molar refractivity (Wildman–Crippen MR) is 287 cm³/mol. The normalized spacial score (nSPS) is 16.6. The summed E-state index contributed by atoms with van der Waals surface area (Å²) < 4.78 is 9.03. The Morgan fingerprint density at radius 3 is 2.47 bits per heavy atom. The number of aromatic carboxylic acids is 1. The fourth-order valence-corrected chi connectivity index (χ4v) is 11.6. The number of fused-ring (bicyclic) bond motifs is 3. The van der Waals surface area contributed by atoms with Crippen LogP contribution in [0, 0.1) is 6.92 Å². The summed E-state index contributed by atoms with van der Waals surface area (Å²) in [6.45, 7) is 11.7. The van der Waals surface area contributed by atoms with Gasteiger partial charge in [-0.2, -0.15) is 5.10 Å². The van der Waals surface area contributed by atoms with Crippen LogP contribution >= 0.6 is 11.3 Å². The first-order chi connectivity index (χ1) is 35.6. The molecular formula is C57H61N9O7S. The van der Waals surface area contributed by atoms with E-state index in [0.717, 1.165) is 93.3 Å². The third kappa shape index (κ3) is 10.7. The molecule has 1 unspecified atom stereocenters. The topological polar surface area (TPSA) is 201 Å². The van der Waals surface area contributed by atoms with Crippen LogP contribution in [-0.2, 0) is 51.0 Å². The lowest BCUT2D eigenvalue weighted by molar-refractivity contribution is -0.134. The Morgan fingerprint density at radius 1 is 0.905 bits per heavy atom. The summed E-state index contributed by atoms with van der Waals surface area (Å²) >= 11 is 1.43. The van der Waals surface area contributed by atoms with Gasteiger partial charge in [-0.3, -0.25) is 39.4 Å². The number of amides is 4. The summed E-state index contributed by atoms with van der Waals surface area (Å²) in [7, 11) is 1.80. The first kappa shape index (κ1) is 50.2. The van der Waals surface area contributed by atoms with Gasteiger partial charge in [-0.1, -0.05) is 74.6 Å². The zero-order chi connectivity index (χ0) is 51.8. The van der Waals surface area contributed by atoms with Gasteiger partial charge in [-0.15, -0.1) is 0 Å². The number of benzene rings is 4. The zero-order valence-electron chi connectivity index (χ0n) is 42.4. The number of rotatable bonds is 14. The third-order valence-electron chi connectivity index (χ3n) is 14.5. The van der Waals surface area contributed by atoms with Gasteiger partial charge < -0.3 is 20.1 Å². The molecule has 0 radical (unpaired) electrons. The molecule has 2 saturated heterocycles. The fraction of sp³-hybridized carbons (Fsp3) is 0.368. The summed E-state index contributed by atoms with van der Waals surface area (Å²) in [4.78, 5) is 78.1. The lowest BCUT2D eigenvalue weighted by Gasteiger charge is -2.33. The van der Waals surface area contributed by atoms with Crippen molar-refractivity contribution in [3.63, 3.8) is 0 Å². The molecule has 3 aliphatic heterocycles. The van der Waals surface area contributed by atoms with E-state index in [2.05, 4.69) is 74.8 Å². The number of ether oxygens (including phenoxy) is 1. The highest BCUT2D eigenvalue weighted by Crippen LogP contribution is 2.40. The Balaban J connectivity index is 0.735. The first-order valence-corrected chi connectivity index (χ1v) is 26.2. The van der Waals surface area contributed by atoms with Crippen LogP contribution in [-0.4, -0.2) is 98.2 Å². The Labute approximate surface area is 433 Å². The van der Waals surface area contributed by atoms with Crippen LogP contribution in [0.1, 0.15) is 113 Å². The predicted octanol–water partition coefficient (Wildman–Crippen LogP) is 8.94. The van der Waals surface area contributed by atoms with Crippen LogP contribution in [0.15, 0.2) is 84.9 Å². The van der Waals surface area contributed by atoms with E-state index < -0.39 is 17.3 Å². The number of aryl methyl sites for hydroxylation is 3. The summed E-state index contributed by atoms with van der Waals surface area (Å²) in [6.07, 6.45) is 4.76. The number of nitrogens with one attached hydrogen (secondary N) is 3. The second-order valence-corrected chi connectivity index (χ2v) is 21.8. The van der Waals surface area contributed by atoms with E-state index in [9.17, 15) is 29.1 Å². The van der Waals surface area contributed by atoms with E-state index in [1.165, 1.54) is 11.3 Å². The average molecular weight is 1020 g/mol. The maximum atomic E-state index is 13.8. The van der Waals surface area contributed by atoms with Crippen LogP contribution in [0.5, 0.6) is 0 Å². The summed E-state index contributed by atoms with van der Waals surface area (Å²) in [5.74, 6) is -1.97. The van der Waals surface area contributed by atoms with Crippen molar-refractivity contribution in [3.8, 4) is 11.1 Å². The van der Waals surface area contributed by atoms with Crippen LogP contribution in [0.25, 0.3) is 32.2 Å². The van der Waals surface area contributed by atoms with Gasteiger partial charge in [0.05, 0.1) is 40.0 Å². The third-order valence-corrected chi connectivity index (χ3v) is 15.5. The minimum Gasteiger partial charge on any atom is -0.476 e. The van der Waals surface area contributed by atoms with E-state index in [-0.39, 0.29) is 48.4 Å². The molecule has 7 aromatic rings. The van der Waals surface area contributed by atoms with Gasteiger partial charge >= 0.3 is 5.97 Å². The number of carboxylic acids is 1. The number of carbonyl (C=O) groups is 5. The van der Waals surface area contributed by atoms with Crippen molar-refractivity contribution >= 4 is 78.7 Å². The Morgan fingerprint density at radius 2 is 1.72 bits per heavy atom. The Hall–Kier alpha value is -7.34. The fourth-order valence-electron chi connectivity index (χ4n) is 10.7. The number of imide groups is 1. The van der Waals surface area contributed by atoms with E-state index in [0.29, 0.717) is 66.0 Å². The average Bonchev–Trinajstić information content (AvgIpc) is 3.93. The number of nitrogens with zero attached hydrogens (tertiary/aromatic N) is 6. The minimum absolute atomic E-state index is 0.00196. The van der Waals surface area contributed by atoms with Gasteiger partial charge in [-0.25, -0.2) is 14.8 Å². The number of aromatic nitrogens is 4. The van der Waals surface area contributed by atoms with Crippen LogP contribution in [0.4, 0.5) is 16.6 Å². The number of likely N-dealkylation sites (tertiary alicyclic amines) is 1.